The molecule has 7 nitrogen and oxygen atoms in total. The van der Waals surface area contributed by atoms with Gasteiger partial charge in [0.15, 0.2) is 0 Å². The molecule has 28 heavy (non-hydrogen) atoms. The first kappa shape index (κ1) is 21.1. The summed E-state index contributed by atoms with van der Waals surface area (Å²) in [4.78, 5) is 36.3. The highest BCUT2D eigenvalue weighted by molar-refractivity contribution is 6.06. The van der Waals surface area contributed by atoms with Gasteiger partial charge in [-0.2, -0.15) is 0 Å². The monoisotopic (exact) mass is 384 g/mol. The van der Waals surface area contributed by atoms with E-state index in [2.05, 4.69) is 10.6 Å². The second kappa shape index (κ2) is 10.8. The molecule has 0 atom stereocenters. The Balaban J connectivity index is 1.98. The number of carbonyl (C=O) groups excluding carboxylic acids is 3. The van der Waals surface area contributed by atoms with Gasteiger partial charge in [0.1, 0.15) is 0 Å². The van der Waals surface area contributed by atoms with Gasteiger partial charge in [0.05, 0.1) is 12.2 Å². The zero-order chi connectivity index (χ0) is 20.4. The van der Waals surface area contributed by atoms with Crippen molar-refractivity contribution in [1.29, 1.82) is 0 Å². The molecule has 0 unspecified atom stereocenters. The number of rotatable bonds is 9. The quantitative estimate of drug-likeness (QED) is 0.512. The molecule has 0 saturated carbocycles. The molecule has 0 aromatic heterocycles. The van der Waals surface area contributed by atoms with E-state index in [1.54, 1.807) is 56.5 Å². The first-order valence-corrected chi connectivity index (χ1v) is 9.01. The molecule has 0 spiro atoms. The van der Waals surface area contributed by atoms with Gasteiger partial charge in [0.2, 0.25) is 0 Å². The second-order valence-corrected chi connectivity index (χ2v) is 5.94. The van der Waals surface area contributed by atoms with Crippen LogP contribution in [0.15, 0.2) is 48.5 Å². The number of esters is 1. The minimum atomic E-state index is -0.412. The van der Waals surface area contributed by atoms with Crippen LogP contribution in [0.1, 0.15) is 44.4 Å². The maximum atomic E-state index is 12.5. The fourth-order valence-corrected chi connectivity index (χ4v) is 2.43. The van der Waals surface area contributed by atoms with E-state index in [1.165, 1.54) is 6.07 Å². The Hall–Kier alpha value is -3.19. The van der Waals surface area contributed by atoms with Gasteiger partial charge in [-0.1, -0.05) is 6.07 Å². The molecule has 0 aliphatic carbocycles. The highest BCUT2D eigenvalue weighted by Gasteiger charge is 2.11. The zero-order valence-electron chi connectivity index (χ0n) is 16.0. The Morgan fingerprint density at radius 3 is 2.25 bits per heavy atom. The Labute approximate surface area is 164 Å². The van der Waals surface area contributed by atoms with Crippen LogP contribution in [-0.4, -0.2) is 44.7 Å². The van der Waals surface area contributed by atoms with Crippen molar-refractivity contribution >= 4 is 23.5 Å². The van der Waals surface area contributed by atoms with Crippen LogP contribution in [0.3, 0.4) is 0 Å². The number of nitrogens with one attached hydrogen (secondary N) is 2. The predicted octanol–water partition coefficient (Wildman–Crippen LogP) is 2.88. The van der Waals surface area contributed by atoms with Crippen molar-refractivity contribution < 1.29 is 23.9 Å². The lowest BCUT2D eigenvalue weighted by Crippen LogP contribution is -2.25. The van der Waals surface area contributed by atoms with Gasteiger partial charge in [-0.15, -0.1) is 0 Å². The number of ether oxygens (including phenoxy) is 2. The third kappa shape index (κ3) is 6.21. The fourth-order valence-electron chi connectivity index (χ4n) is 2.43. The van der Waals surface area contributed by atoms with Crippen LogP contribution in [0.2, 0.25) is 0 Å². The van der Waals surface area contributed by atoms with Crippen LogP contribution < -0.4 is 10.6 Å². The van der Waals surface area contributed by atoms with Gasteiger partial charge in [-0.05, 0) is 55.8 Å². The lowest BCUT2D eigenvalue weighted by Gasteiger charge is -2.09. The van der Waals surface area contributed by atoms with Crippen LogP contribution in [0.5, 0.6) is 0 Å². The molecule has 0 radical (unpaired) electrons. The molecule has 2 N–H and O–H groups in total. The molecule has 2 rings (SSSR count). The molecule has 148 valence electrons. The van der Waals surface area contributed by atoms with Crippen molar-refractivity contribution in [3.63, 3.8) is 0 Å². The Bertz CT molecular complexity index is 818. The summed E-state index contributed by atoms with van der Waals surface area (Å²) >= 11 is 0. The van der Waals surface area contributed by atoms with E-state index in [0.717, 1.165) is 0 Å². The molecule has 0 saturated heterocycles. The SMILES string of the molecule is CCOC(=O)c1ccc(NC(=O)c2cccc(C(=O)NCCCOC)c2)cc1. The third-order valence-electron chi connectivity index (χ3n) is 3.85. The van der Waals surface area contributed by atoms with Gasteiger partial charge >= 0.3 is 5.97 Å². The van der Waals surface area contributed by atoms with E-state index >= 15 is 0 Å². The number of benzene rings is 2. The third-order valence-corrected chi connectivity index (χ3v) is 3.85. The van der Waals surface area contributed by atoms with E-state index in [1.807, 2.05) is 0 Å². The molecular weight excluding hydrogens is 360 g/mol. The molecule has 2 aromatic rings. The first-order valence-electron chi connectivity index (χ1n) is 9.01. The standard InChI is InChI=1S/C21H24N2O5/c1-3-28-21(26)15-8-10-18(11-9-15)23-20(25)17-7-4-6-16(14-17)19(24)22-12-5-13-27-2/h4,6-11,14H,3,5,12-13H2,1-2H3,(H,22,24)(H,23,25). The number of amides is 2. The number of hydrogen-bond acceptors (Lipinski definition) is 5. The van der Waals surface area contributed by atoms with Crippen LogP contribution in [-0.2, 0) is 9.47 Å². The normalized spacial score (nSPS) is 10.2. The summed E-state index contributed by atoms with van der Waals surface area (Å²) < 4.78 is 9.86. The summed E-state index contributed by atoms with van der Waals surface area (Å²) in [6.45, 7) is 3.10. The highest BCUT2D eigenvalue weighted by Crippen LogP contribution is 2.13. The molecule has 7 heteroatoms. The molecule has 0 bridgehead atoms. The molecule has 0 aliphatic rings. The molecule has 0 heterocycles. The lowest BCUT2D eigenvalue weighted by molar-refractivity contribution is 0.0526. The maximum absolute atomic E-state index is 12.5. The zero-order valence-corrected chi connectivity index (χ0v) is 16.0. The summed E-state index contributed by atoms with van der Waals surface area (Å²) in [5.74, 6) is -1.01. The summed E-state index contributed by atoms with van der Waals surface area (Å²) in [5.41, 5.74) is 1.71. The number of methoxy groups -OCH3 is 1. The number of anilines is 1. The van der Waals surface area contributed by atoms with Gasteiger partial charge < -0.3 is 20.1 Å². The summed E-state index contributed by atoms with van der Waals surface area (Å²) in [6.07, 6.45) is 0.713. The van der Waals surface area contributed by atoms with E-state index < -0.39 is 5.97 Å². The van der Waals surface area contributed by atoms with Gasteiger partial charge in [0, 0.05) is 37.1 Å². The Morgan fingerprint density at radius 1 is 0.929 bits per heavy atom. The van der Waals surface area contributed by atoms with E-state index in [4.69, 9.17) is 9.47 Å². The van der Waals surface area contributed by atoms with Crippen molar-refractivity contribution in [2.24, 2.45) is 0 Å². The summed E-state index contributed by atoms with van der Waals surface area (Å²) in [5, 5.41) is 5.53. The highest BCUT2D eigenvalue weighted by atomic mass is 16.5. The van der Waals surface area contributed by atoms with Crippen molar-refractivity contribution in [2.45, 2.75) is 13.3 Å². The average Bonchev–Trinajstić information content (AvgIpc) is 2.72. The predicted molar refractivity (Wildman–Crippen MR) is 106 cm³/mol. The maximum Gasteiger partial charge on any atom is 0.338 e. The van der Waals surface area contributed by atoms with E-state index in [9.17, 15) is 14.4 Å². The summed E-state index contributed by atoms with van der Waals surface area (Å²) in [7, 11) is 1.61. The van der Waals surface area contributed by atoms with Crippen LogP contribution in [0, 0.1) is 0 Å². The van der Waals surface area contributed by atoms with Crippen molar-refractivity contribution in [1.82, 2.24) is 5.32 Å². The Kier molecular flexibility index (Phi) is 8.17. The van der Waals surface area contributed by atoms with E-state index in [0.29, 0.717) is 48.6 Å². The van der Waals surface area contributed by atoms with Crippen molar-refractivity contribution in [3.05, 3.63) is 65.2 Å². The van der Waals surface area contributed by atoms with Gasteiger partial charge in [-0.25, -0.2) is 4.79 Å². The Morgan fingerprint density at radius 2 is 1.61 bits per heavy atom. The van der Waals surface area contributed by atoms with Gasteiger partial charge in [0.25, 0.3) is 11.8 Å². The van der Waals surface area contributed by atoms with Crippen LogP contribution in [0.4, 0.5) is 5.69 Å². The molecular formula is C21H24N2O5. The average molecular weight is 384 g/mol. The smallest absolute Gasteiger partial charge is 0.338 e. The summed E-state index contributed by atoms with van der Waals surface area (Å²) in [6, 6.07) is 12.9. The number of carbonyl (C=O) groups is 3. The molecule has 2 amide bonds. The fraction of sp³-hybridized carbons (Fsp3) is 0.286. The minimum Gasteiger partial charge on any atom is -0.462 e. The topological polar surface area (TPSA) is 93.7 Å². The first-order chi connectivity index (χ1) is 13.5. The molecule has 0 fully saturated rings. The van der Waals surface area contributed by atoms with Gasteiger partial charge in [-0.3, -0.25) is 9.59 Å². The van der Waals surface area contributed by atoms with E-state index in [-0.39, 0.29) is 11.8 Å². The van der Waals surface area contributed by atoms with Crippen LogP contribution >= 0.6 is 0 Å². The van der Waals surface area contributed by atoms with Crippen molar-refractivity contribution in [3.8, 4) is 0 Å². The lowest BCUT2D eigenvalue weighted by atomic mass is 10.1. The number of hydrogen-bond donors (Lipinski definition) is 2. The van der Waals surface area contributed by atoms with Crippen molar-refractivity contribution in [2.75, 3.05) is 32.2 Å². The molecule has 0 aliphatic heterocycles. The second-order valence-electron chi connectivity index (χ2n) is 5.94. The minimum absolute atomic E-state index is 0.246. The van der Waals surface area contributed by atoms with Crippen LogP contribution in [0.25, 0.3) is 0 Å². The molecule has 2 aromatic carbocycles. The largest absolute Gasteiger partial charge is 0.462 e.